The van der Waals surface area contributed by atoms with Crippen molar-refractivity contribution >= 4 is 26.8 Å². The van der Waals surface area contributed by atoms with Crippen LogP contribution in [0.25, 0.3) is 22.1 Å². The lowest BCUT2D eigenvalue weighted by Crippen LogP contribution is -2.16. The Morgan fingerprint density at radius 2 is 2.11 bits per heavy atom. The predicted octanol–water partition coefficient (Wildman–Crippen LogP) is 1.75. The number of fused-ring (bicyclic) bond motifs is 1. The van der Waals surface area contributed by atoms with E-state index in [0.29, 0.717) is 29.0 Å². The number of anilines is 1. The highest BCUT2D eigenvalue weighted by molar-refractivity contribution is 7.92. The molecule has 27 heavy (non-hydrogen) atoms. The van der Waals surface area contributed by atoms with E-state index in [1.54, 1.807) is 25.4 Å². The van der Waals surface area contributed by atoms with Crippen LogP contribution in [-0.4, -0.2) is 36.0 Å². The minimum absolute atomic E-state index is 0.0665. The minimum Gasteiger partial charge on any atom is -0.476 e. The third-order valence-corrected chi connectivity index (χ3v) is 4.87. The van der Waals surface area contributed by atoms with Crippen LogP contribution < -0.4 is 15.0 Å². The summed E-state index contributed by atoms with van der Waals surface area (Å²) in [6.45, 7) is 0.515. The van der Waals surface area contributed by atoms with Crippen molar-refractivity contribution in [1.82, 2.24) is 14.8 Å². The standard InChI is InChI=1S/C17H18N4O5S/c1-21-8-13(11-5-6-25-15(11)17(21)22)12-7-14(20-27(2,23)24)18-19-16(12)26-9-10-3-4-10/h5-8,10H,3-4,9H2,1-2H3,(H,18,20). The molecule has 10 heteroatoms. The third-order valence-electron chi connectivity index (χ3n) is 4.29. The number of nitrogens with one attached hydrogen (secondary N) is 1. The summed E-state index contributed by atoms with van der Waals surface area (Å²) >= 11 is 0. The van der Waals surface area contributed by atoms with Gasteiger partial charge in [-0.15, -0.1) is 10.2 Å². The number of hydrogen-bond donors (Lipinski definition) is 1. The maximum Gasteiger partial charge on any atom is 0.293 e. The lowest BCUT2D eigenvalue weighted by Gasteiger charge is -2.13. The number of ether oxygens (including phenoxy) is 1. The van der Waals surface area contributed by atoms with Crippen molar-refractivity contribution in [2.24, 2.45) is 13.0 Å². The van der Waals surface area contributed by atoms with Crippen LogP contribution in [0.5, 0.6) is 5.88 Å². The quantitative estimate of drug-likeness (QED) is 0.681. The zero-order valence-electron chi connectivity index (χ0n) is 14.8. The SMILES string of the molecule is Cn1cc(-c2cc(NS(C)(=O)=O)nnc2OCC2CC2)c2ccoc2c1=O. The molecule has 0 atom stereocenters. The summed E-state index contributed by atoms with van der Waals surface area (Å²) in [5, 5.41) is 8.55. The molecule has 0 bridgehead atoms. The summed E-state index contributed by atoms with van der Waals surface area (Å²) in [5.41, 5.74) is 1.10. The fourth-order valence-electron chi connectivity index (χ4n) is 2.78. The van der Waals surface area contributed by atoms with Gasteiger partial charge in [-0.1, -0.05) is 0 Å². The van der Waals surface area contributed by atoms with Crippen LogP contribution in [-0.2, 0) is 17.1 Å². The first-order valence-corrected chi connectivity index (χ1v) is 10.3. The molecule has 3 aromatic rings. The number of rotatable bonds is 6. The zero-order chi connectivity index (χ0) is 19.2. The number of aromatic nitrogens is 3. The second kappa shape index (κ2) is 6.38. The Kier molecular flexibility index (Phi) is 4.14. The molecule has 3 heterocycles. The van der Waals surface area contributed by atoms with Gasteiger partial charge in [0.05, 0.1) is 24.7 Å². The van der Waals surface area contributed by atoms with Crippen molar-refractivity contribution in [3.05, 3.63) is 34.9 Å². The Hall–Kier alpha value is -2.88. The van der Waals surface area contributed by atoms with E-state index < -0.39 is 10.0 Å². The summed E-state index contributed by atoms with van der Waals surface area (Å²) in [6, 6.07) is 3.23. The van der Waals surface area contributed by atoms with Crippen molar-refractivity contribution in [2.75, 3.05) is 17.6 Å². The van der Waals surface area contributed by atoms with Gasteiger partial charge in [-0.2, -0.15) is 0 Å². The highest BCUT2D eigenvalue weighted by Gasteiger charge is 2.24. The Morgan fingerprint density at radius 1 is 1.33 bits per heavy atom. The normalized spacial score (nSPS) is 14.4. The number of aryl methyl sites for hydroxylation is 1. The molecule has 1 aliphatic rings. The van der Waals surface area contributed by atoms with Crippen LogP contribution in [0, 0.1) is 5.92 Å². The Morgan fingerprint density at radius 3 is 2.81 bits per heavy atom. The van der Waals surface area contributed by atoms with Gasteiger partial charge < -0.3 is 13.7 Å². The topological polar surface area (TPSA) is 116 Å². The average molecular weight is 390 g/mol. The van der Waals surface area contributed by atoms with Crippen LogP contribution in [0.15, 0.2) is 33.8 Å². The van der Waals surface area contributed by atoms with Gasteiger partial charge in [-0.3, -0.25) is 9.52 Å². The molecule has 0 aromatic carbocycles. The molecule has 1 saturated carbocycles. The largest absolute Gasteiger partial charge is 0.476 e. The molecule has 1 fully saturated rings. The first kappa shape index (κ1) is 17.5. The lowest BCUT2D eigenvalue weighted by molar-refractivity contribution is 0.286. The summed E-state index contributed by atoms with van der Waals surface area (Å²) in [5.74, 6) is 0.849. The maximum atomic E-state index is 12.3. The van der Waals surface area contributed by atoms with Gasteiger partial charge in [0.1, 0.15) is 0 Å². The van der Waals surface area contributed by atoms with Crippen LogP contribution >= 0.6 is 0 Å². The van der Waals surface area contributed by atoms with Crippen molar-refractivity contribution in [1.29, 1.82) is 0 Å². The Bertz CT molecular complexity index is 1180. The third kappa shape index (κ3) is 3.65. The number of sulfonamides is 1. The van der Waals surface area contributed by atoms with Crippen molar-refractivity contribution < 1.29 is 17.6 Å². The summed E-state index contributed by atoms with van der Waals surface area (Å²) in [4.78, 5) is 12.3. The summed E-state index contributed by atoms with van der Waals surface area (Å²) < 4.78 is 38.0. The molecule has 4 rings (SSSR count). The fourth-order valence-corrected chi connectivity index (χ4v) is 3.26. The van der Waals surface area contributed by atoms with Gasteiger partial charge in [-0.25, -0.2) is 8.42 Å². The van der Waals surface area contributed by atoms with E-state index in [4.69, 9.17) is 9.15 Å². The van der Waals surface area contributed by atoms with Crippen molar-refractivity contribution in [3.63, 3.8) is 0 Å². The first-order valence-electron chi connectivity index (χ1n) is 8.37. The smallest absolute Gasteiger partial charge is 0.293 e. The van der Waals surface area contributed by atoms with E-state index >= 15 is 0 Å². The van der Waals surface area contributed by atoms with Gasteiger partial charge in [-0.05, 0) is 30.9 Å². The first-order chi connectivity index (χ1) is 12.8. The molecule has 0 aliphatic heterocycles. The predicted molar refractivity (Wildman–Crippen MR) is 99.2 cm³/mol. The van der Waals surface area contributed by atoms with E-state index in [1.807, 2.05) is 0 Å². The van der Waals surface area contributed by atoms with Crippen molar-refractivity contribution in [3.8, 4) is 17.0 Å². The zero-order valence-corrected chi connectivity index (χ0v) is 15.6. The van der Waals surface area contributed by atoms with Crippen LogP contribution in [0.3, 0.4) is 0 Å². The maximum absolute atomic E-state index is 12.3. The molecular weight excluding hydrogens is 372 g/mol. The molecule has 0 amide bonds. The highest BCUT2D eigenvalue weighted by atomic mass is 32.2. The van der Waals surface area contributed by atoms with Gasteiger partial charge in [0.25, 0.3) is 5.56 Å². The van der Waals surface area contributed by atoms with E-state index in [0.717, 1.165) is 19.1 Å². The number of hydrogen-bond acceptors (Lipinski definition) is 7. The average Bonchev–Trinajstić information content (AvgIpc) is 3.29. The molecule has 3 aromatic heterocycles. The summed E-state index contributed by atoms with van der Waals surface area (Å²) in [6.07, 6.45) is 6.34. The molecule has 0 radical (unpaired) electrons. The number of nitrogens with zero attached hydrogens (tertiary/aromatic N) is 3. The molecule has 0 spiro atoms. The lowest BCUT2D eigenvalue weighted by atomic mass is 10.1. The molecule has 1 N–H and O–H groups in total. The van der Waals surface area contributed by atoms with Crippen LogP contribution in [0.1, 0.15) is 12.8 Å². The Labute approximate surface area is 155 Å². The summed E-state index contributed by atoms with van der Waals surface area (Å²) in [7, 11) is -1.90. The van der Waals surface area contributed by atoms with Crippen LogP contribution in [0.4, 0.5) is 5.82 Å². The molecule has 0 unspecified atom stereocenters. The van der Waals surface area contributed by atoms with Crippen LogP contribution in [0.2, 0.25) is 0 Å². The number of pyridine rings is 1. The van der Waals surface area contributed by atoms with Gasteiger partial charge >= 0.3 is 0 Å². The fraction of sp³-hybridized carbons (Fsp3) is 0.353. The molecule has 142 valence electrons. The minimum atomic E-state index is -3.52. The van der Waals surface area contributed by atoms with Gasteiger partial charge in [0.2, 0.25) is 15.9 Å². The molecule has 0 saturated heterocycles. The molecular formula is C17H18N4O5S. The molecule has 9 nitrogen and oxygen atoms in total. The second-order valence-electron chi connectivity index (χ2n) is 6.70. The van der Waals surface area contributed by atoms with Crippen molar-refractivity contribution in [2.45, 2.75) is 12.8 Å². The number of furan rings is 1. The molecule has 1 aliphatic carbocycles. The van der Waals surface area contributed by atoms with E-state index in [2.05, 4.69) is 14.9 Å². The Balaban J connectivity index is 1.88. The van der Waals surface area contributed by atoms with Gasteiger partial charge in [0.15, 0.2) is 11.4 Å². The highest BCUT2D eigenvalue weighted by Crippen LogP contribution is 2.36. The monoisotopic (exact) mass is 390 g/mol. The van der Waals surface area contributed by atoms with E-state index in [1.165, 1.54) is 10.8 Å². The second-order valence-corrected chi connectivity index (χ2v) is 8.45. The van der Waals surface area contributed by atoms with E-state index in [9.17, 15) is 13.2 Å². The van der Waals surface area contributed by atoms with Gasteiger partial charge in [0, 0.05) is 24.2 Å². The van der Waals surface area contributed by atoms with E-state index in [-0.39, 0.29) is 22.8 Å².